The van der Waals surface area contributed by atoms with Gasteiger partial charge >= 0.3 is 8.80 Å². The lowest BCUT2D eigenvalue weighted by Crippen LogP contribution is -2.44. The molecule has 0 aliphatic heterocycles. The van der Waals surface area contributed by atoms with Crippen molar-refractivity contribution < 1.29 is 13.3 Å². The van der Waals surface area contributed by atoms with Crippen LogP contribution in [0.1, 0.15) is 20.8 Å². The van der Waals surface area contributed by atoms with Crippen molar-refractivity contribution in [2.45, 2.75) is 20.8 Å². The first kappa shape index (κ1) is 16.0. The molecule has 0 unspecified atom stereocenters. The molecule has 0 fully saturated rings. The van der Waals surface area contributed by atoms with Gasteiger partial charge in [0.2, 0.25) is 0 Å². The maximum atomic E-state index is 5.44. The monoisotopic (exact) mass is 218 g/mol. The van der Waals surface area contributed by atoms with Crippen LogP contribution in [0.5, 0.6) is 0 Å². The molecule has 0 aliphatic carbocycles. The summed E-state index contributed by atoms with van der Waals surface area (Å²) in [5.74, 6) is 0. The summed E-state index contributed by atoms with van der Waals surface area (Å²) in [6, 6.07) is 0. The first-order chi connectivity index (χ1) is 6.74. The Balaban J connectivity index is 0. The van der Waals surface area contributed by atoms with Gasteiger partial charge in [0, 0.05) is 19.8 Å². The van der Waals surface area contributed by atoms with Crippen LogP contribution in [0.3, 0.4) is 0 Å². The molecule has 0 aromatic heterocycles. The third-order valence-corrected chi connectivity index (χ3v) is 3.86. The lowest BCUT2D eigenvalue weighted by atomic mass is 10.9. The Bertz CT molecular complexity index is 122. The van der Waals surface area contributed by atoms with Gasteiger partial charge < -0.3 is 13.3 Å². The Morgan fingerprint density at radius 3 is 1.36 bits per heavy atom. The molecule has 14 heavy (non-hydrogen) atoms. The highest BCUT2D eigenvalue weighted by Crippen LogP contribution is 2.10. The van der Waals surface area contributed by atoms with Crippen LogP contribution in [0.25, 0.3) is 0 Å². The van der Waals surface area contributed by atoms with Crippen LogP contribution < -0.4 is 0 Å². The first-order valence-electron chi connectivity index (χ1n) is 4.80. The lowest BCUT2D eigenvalue weighted by molar-refractivity contribution is 0.0844. The molecule has 0 amide bonds. The molecule has 0 aromatic rings. The van der Waals surface area contributed by atoms with Gasteiger partial charge in [-0.1, -0.05) is 6.58 Å². The number of hydrogen-bond acceptors (Lipinski definition) is 3. The van der Waals surface area contributed by atoms with Crippen molar-refractivity contribution in [1.29, 1.82) is 0 Å². The Morgan fingerprint density at radius 1 is 0.929 bits per heavy atom. The third kappa shape index (κ3) is 6.10. The van der Waals surface area contributed by atoms with Crippen molar-refractivity contribution >= 4 is 8.80 Å². The summed E-state index contributed by atoms with van der Waals surface area (Å²) in [7, 11) is -2.51. The average Bonchev–Trinajstić information content (AvgIpc) is 2.22. The molecule has 4 heteroatoms. The summed E-state index contributed by atoms with van der Waals surface area (Å²) in [6.45, 7) is 17.2. The Labute approximate surface area is 88.7 Å². The number of hydrogen-bond donors (Lipinski definition) is 0. The topological polar surface area (TPSA) is 27.7 Å². The average molecular weight is 218 g/mol. The molecule has 3 nitrogen and oxygen atoms in total. The Kier molecular flexibility index (Phi) is 12.2. The lowest BCUT2D eigenvalue weighted by Gasteiger charge is -2.24. The summed E-state index contributed by atoms with van der Waals surface area (Å²) in [6.07, 6.45) is 0. The van der Waals surface area contributed by atoms with Crippen molar-refractivity contribution in [2.75, 3.05) is 19.8 Å². The van der Waals surface area contributed by atoms with Crippen LogP contribution in [-0.4, -0.2) is 28.6 Å². The van der Waals surface area contributed by atoms with Gasteiger partial charge in [0.05, 0.1) is 0 Å². The van der Waals surface area contributed by atoms with E-state index in [0.717, 1.165) is 0 Å². The summed E-state index contributed by atoms with van der Waals surface area (Å²) >= 11 is 0. The van der Waals surface area contributed by atoms with Gasteiger partial charge in [-0.15, -0.1) is 13.2 Å². The SMILES string of the molecule is C=C.C=C[Si](OCC)(OCC)OCC. The van der Waals surface area contributed by atoms with E-state index < -0.39 is 8.80 Å². The van der Waals surface area contributed by atoms with Crippen LogP contribution in [0.4, 0.5) is 0 Å². The van der Waals surface area contributed by atoms with Crippen molar-refractivity contribution in [1.82, 2.24) is 0 Å². The fraction of sp³-hybridized carbons (Fsp3) is 0.600. The van der Waals surface area contributed by atoms with Gasteiger partial charge in [-0.2, -0.15) is 0 Å². The van der Waals surface area contributed by atoms with Crippen LogP contribution in [-0.2, 0) is 13.3 Å². The molecular formula is C10H22O3Si. The largest absolute Gasteiger partial charge is 0.528 e. The molecule has 0 radical (unpaired) electrons. The molecule has 0 aromatic carbocycles. The fourth-order valence-electron chi connectivity index (χ4n) is 0.905. The van der Waals surface area contributed by atoms with Gasteiger partial charge in [0.25, 0.3) is 0 Å². The van der Waals surface area contributed by atoms with Crippen LogP contribution >= 0.6 is 0 Å². The molecule has 0 saturated carbocycles. The van der Waals surface area contributed by atoms with Gasteiger partial charge in [0.1, 0.15) is 0 Å². The van der Waals surface area contributed by atoms with E-state index in [4.69, 9.17) is 13.3 Å². The first-order valence-corrected chi connectivity index (χ1v) is 6.60. The van der Waals surface area contributed by atoms with Gasteiger partial charge in [-0.05, 0) is 26.5 Å². The predicted molar refractivity (Wildman–Crippen MR) is 62.1 cm³/mol. The highest BCUT2D eigenvalue weighted by molar-refractivity contribution is 6.66. The van der Waals surface area contributed by atoms with E-state index in [1.54, 1.807) is 5.70 Å². The van der Waals surface area contributed by atoms with Crippen molar-refractivity contribution in [3.8, 4) is 0 Å². The smallest absolute Gasteiger partial charge is 0.371 e. The molecule has 0 bridgehead atoms. The minimum atomic E-state index is -2.51. The van der Waals surface area contributed by atoms with Crippen LogP contribution in [0.2, 0.25) is 0 Å². The summed E-state index contributed by atoms with van der Waals surface area (Å²) in [4.78, 5) is 0. The van der Waals surface area contributed by atoms with E-state index in [1.165, 1.54) is 0 Å². The van der Waals surface area contributed by atoms with Gasteiger partial charge in [-0.3, -0.25) is 0 Å². The van der Waals surface area contributed by atoms with Crippen molar-refractivity contribution in [2.24, 2.45) is 0 Å². The van der Waals surface area contributed by atoms with E-state index in [0.29, 0.717) is 19.8 Å². The van der Waals surface area contributed by atoms with Gasteiger partial charge in [-0.25, -0.2) is 0 Å². The molecule has 0 spiro atoms. The quantitative estimate of drug-likeness (QED) is 0.485. The second kappa shape index (κ2) is 10.7. The molecule has 0 N–H and O–H groups in total. The highest BCUT2D eigenvalue weighted by atomic mass is 28.4. The summed E-state index contributed by atoms with van der Waals surface area (Å²) in [5, 5.41) is 0. The minimum Gasteiger partial charge on any atom is -0.371 e. The second-order valence-corrected chi connectivity index (χ2v) is 4.59. The zero-order chi connectivity index (χ0) is 11.4. The van der Waals surface area contributed by atoms with Gasteiger partial charge in [0.15, 0.2) is 0 Å². The molecule has 0 heterocycles. The zero-order valence-corrected chi connectivity index (χ0v) is 10.5. The maximum absolute atomic E-state index is 5.44. The van der Waals surface area contributed by atoms with E-state index in [-0.39, 0.29) is 0 Å². The van der Waals surface area contributed by atoms with Crippen LogP contribution in [0, 0.1) is 0 Å². The van der Waals surface area contributed by atoms with Crippen molar-refractivity contribution in [3.05, 3.63) is 25.4 Å². The second-order valence-electron chi connectivity index (χ2n) is 2.11. The van der Waals surface area contributed by atoms with Crippen LogP contribution in [0.15, 0.2) is 25.4 Å². The van der Waals surface area contributed by atoms with E-state index in [9.17, 15) is 0 Å². The predicted octanol–water partition coefficient (Wildman–Crippen LogP) is 2.56. The summed E-state index contributed by atoms with van der Waals surface area (Å²) in [5.41, 5.74) is 1.67. The normalized spacial score (nSPS) is 10.2. The minimum absolute atomic E-state index is 0.595. The van der Waals surface area contributed by atoms with Crippen molar-refractivity contribution in [3.63, 3.8) is 0 Å². The standard InChI is InChI=1S/C8H18O3Si.C2H4/c1-5-9-12(8-4,10-6-2)11-7-3;1-2/h8H,4-7H2,1-3H3;1-2H2. The third-order valence-electron chi connectivity index (χ3n) is 1.29. The van der Waals surface area contributed by atoms with E-state index in [2.05, 4.69) is 19.7 Å². The summed E-state index contributed by atoms with van der Waals surface area (Å²) < 4.78 is 16.3. The zero-order valence-electron chi connectivity index (χ0n) is 9.54. The molecule has 0 rings (SSSR count). The molecular weight excluding hydrogens is 196 g/mol. The fourth-order valence-corrected chi connectivity index (χ4v) is 2.72. The molecule has 0 aliphatic rings. The molecule has 0 saturated heterocycles. The molecule has 84 valence electrons. The highest BCUT2D eigenvalue weighted by Gasteiger charge is 2.36. The van der Waals surface area contributed by atoms with E-state index in [1.807, 2.05) is 20.8 Å². The Hall–Kier alpha value is -0.423. The molecule has 0 atom stereocenters. The maximum Gasteiger partial charge on any atom is 0.528 e. The number of rotatable bonds is 7. The Morgan fingerprint density at radius 2 is 1.21 bits per heavy atom. The van der Waals surface area contributed by atoms with E-state index >= 15 is 0 Å².